The first-order chi connectivity index (χ1) is 8.57. The van der Waals surface area contributed by atoms with Crippen LogP contribution in [0.25, 0.3) is 0 Å². The van der Waals surface area contributed by atoms with Crippen molar-refractivity contribution in [2.24, 2.45) is 11.3 Å². The summed E-state index contributed by atoms with van der Waals surface area (Å²) >= 11 is 0. The van der Waals surface area contributed by atoms with E-state index in [1.54, 1.807) is 0 Å². The van der Waals surface area contributed by atoms with E-state index >= 15 is 0 Å². The highest BCUT2D eigenvalue weighted by atomic mass is 16.5. The van der Waals surface area contributed by atoms with E-state index in [4.69, 9.17) is 4.74 Å². The Bertz CT molecular complexity index is 359. The van der Waals surface area contributed by atoms with E-state index in [1.807, 2.05) is 12.4 Å². The molecule has 1 aliphatic heterocycles. The molecule has 3 nitrogen and oxygen atoms in total. The zero-order valence-electron chi connectivity index (χ0n) is 11.6. The Labute approximate surface area is 110 Å². The molecule has 1 saturated heterocycles. The third-order valence-electron chi connectivity index (χ3n) is 3.55. The topological polar surface area (TPSA) is 34.1 Å². The summed E-state index contributed by atoms with van der Waals surface area (Å²) in [6.07, 6.45) is 5.23. The Kier molecular flexibility index (Phi) is 4.36. The molecule has 2 atom stereocenters. The predicted molar refractivity (Wildman–Crippen MR) is 73.2 cm³/mol. The molecule has 0 amide bonds. The standard InChI is InChI=1S/C15H24N2O/c1-15(2,3)14-13(6-9-18-14)11-17-10-12-4-7-16-8-5-12/h4-5,7-8,13-14,17H,6,9-11H2,1-3H3/t13-,14+/m1/s1. The van der Waals surface area contributed by atoms with Gasteiger partial charge in [-0.2, -0.15) is 0 Å². The van der Waals surface area contributed by atoms with Crippen LogP contribution >= 0.6 is 0 Å². The zero-order valence-corrected chi connectivity index (χ0v) is 11.6. The third-order valence-corrected chi connectivity index (χ3v) is 3.55. The fourth-order valence-electron chi connectivity index (χ4n) is 2.70. The second-order valence-corrected chi connectivity index (χ2v) is 6.19. The van der Waals surface area contributed by atoms with E-state index in [0.29, 0.717) is 12.0 Å². The summed E-state index contributed by atoms with van der Waals surface area (Å²) in [5.41, 5.74) is 1.52. The summed E-state index contributed by atoms with van der Waals surface area (Å²) < 4.78 is 5.88. The van der Waals surface area contributed by atoms with Crippen molar-refractivity contribution in [3.63, 3.8) is 0 Å². The van der Waals surface area contributed by atoms with Gasteiger partial charge in [-0.1, -0.05) is 20.8 Å². The molecule has 2 rings (SSSR count). The lowest BCUT2D eigenvalue weighted by Gasteiger charge is -2.31. The van der Waals surface area contributed by atoms with Gasteiger partial charge in [0, 0.05) is 38.0 Å². The lowest BCUT2D eigenvalue weighted by molar-refractivity contribution is 0.00721. The maximum atomic E-state index is 5.88. The molecule has 0 unspecified atom stereocenters. The number of rotatable bonds is 4. The predicted octanol–water partition coefficient (Wildman–Crippen LogP) is 2.62. The van der Waals surface area contributed by atoms with Crippen molar-refractivity contribution in [1.82, 2.24) is 10.3 Å². The van der Waals surface area contributed by atoms with Gasteiger partial charge in [-0.15, -0.1) is 0 Å². The maximum Gasteiger partial charge on any atom is 0.0664 e. The van der Waals surface area contributed by atoms with Crippen molar-refractivity contribution in [1.29, 1.82) is 0 Å². The van der Waals surface area contributed by atoms with Gasteiger partial charge >= 0.3 is 0 Å². The Morgan fingerprint density at radius 2 is 2.06 bits per heavy atom. The second-order valence-electron chi connectivity index (χ2n) is 6.19. The Balaban J connectivity index is 1.80. The minimum Gasteiger partial charge on any atom is -0.377 e. The zero-order chi connectivity index (χ0) is 13.0. The first-order valence-corrected chi connectivity index (χ1v) is 6.78. The molecular formula is C15H24N2O. The number of nitrogens with zero attached hydrogens (tertiary/aromatic N) is 1. The van der Waals surface area contributed by atoms with Crippen LogP contribution in [0.2, 0.25) is 0 Å². The first kappa shape index (κ1) is 13.5. The average molecular weight is 248 g/mol. The van der Waals surface area contributed by atoms with Crippen molar-refractivity contribution in [3.8, 4) is 0 Å². The van der Waals surface area contributed by atoms with Crippen LogP contribution in [-0.4, -0.2) is 24.2 Å². The third kappa shape index (κ3) is 3.53. The molecule has 18 heavy (non-hydrogen) atoms. The van der Waals surface area contributed by atoms with Crippen LogP contribution in [0.3, 0.4) is 0 Å². The number of pyridine rings is 1. The molecule has 1 fully saturated rings. The monoisotopic (exact) mass is 248 g/mol. The van der Waals surface area contributed by atoms with E-state index in [1.165, 1.54) is 12.0 Å². The second kappa shape index (κ2) is 5.81. The van der Waals surface area contributed by atoms with Gasteiger partial charge in [-0.05, 0) is 29.5 Å². The summed E-state index contributed by atoms with van der Waals surface area (Å²) in [4.78, 5) is 4.03. The van der Waals surface area contributed by atoms with Gasteiger partial charge in [0.15, 0.2) is 0 Å². The van der Waals surface area contributed by atoms with Gasteiger partial charge < -0.3 is 10.1 Å². The van der Waals surface area contributed by atoms with Gasteiger partial charge in [0.05, 0.1) is 6.10 Å². The van der Waals surface area contributed by atoms with Crippen molar-refractivity contribution in [3.05, 3.63) is 30.1 Å². The molecule has 0 aromatic carbocycles. The van der Waals surface area contributed by atoms with Crippen LogP contribution in [-0.2, 0) is 11.3 Å². The van der Waals surface area contributed by atoms with Gasteiger partial charge in [0.1, 0.15) is 0 Å². The number of hydrogen-bond acceptors (Lipinski definition) is 3. The number of aromatic nitrogens is 1. The largest absolute Gasteiger partial charge is 0.377 e. The smallest absolute Gasteiger partial charge is 0.0664 e. The van der Waals surface area contributed by atoms with Crippen LogP contribution in [0.4, 0.5) is 0 Å². The minimum absolute atomic E-state index is 0.236. The van der Waals surface area contributed by atoms with Crippen LogP contribution in [0.1, 0.15) is 32.8 Å². The molecular weight excluding hydrogens is 224 g/mol. The summed E-state index contributed by atoms with van der Waals surface area (Å²) in [6, 6.07) is 4.11. The molecule has 0 saturated carbocycles. The van der Waals surface area contributed by atoms with Gasteiger partial charge in [-0.3, -0.25) is 4.98 Å². The molecule has 0 bridgehead atoms. The van der Waals surface area contributed by atoms with E-state index in [0.717, 1.165) is 19.7 Å². The molecule has 1 aromatic rings. The molecule has 1 aliphatic rings. The van der Waals surface area contributed by atoms with E-state index < -0.39 is 0 Å². The van der Waals surface area contributed by atoms with Crippen LogP contribution in [0.15, 0.2) is 24.5 Å². The lowest BCUT2D eigenvalue weighted by Crippen LogP contribution is -2.36. The summed E-state index contributed by atoms with van der Waals surface area (Å²) in [7, 11) is 0. The highest BCUT2D eigenvalue weighted by Crippen LogP contribution is 2.34. The average Bonchev–Trinajstić information content (AvgIpc) is 2.78. The summed E-state index contributed by atoms with van der Waals surface area (Å²) in [5.74, 6) is 0.631. The van der Waals surface area contributed by atoms with Crippen molar-refractivity contribution >= 4 is 0 Å². The van der Waals surface area contributed by atoms with Crippen molar-refractivity contribution in [2.45, 2.75) is 39.8 Å². The fraction of sp³-hybridized carbons (Fsp3) is 0.667. The highest BCUT2D eigenvalue weighted by molar-refractivity contribution is 5.09. The first-order valence-electron chi connectivity index (χ1n) is 6.78. The molecule has 0 spiro atoms. The van der Waals surface area contributed by atoms with Crippen molar-refractivity contribution < 1.29 is 4.74 Å². The van der Waals surface area contributed by atoms with E-state index in [9.17, 15) is 0 Å². The molecule has 1 aromatic heterocycles. The molecule has 3 heteroatoms. The van der Waals surface area contributed by atoms with Gasteiger partial charge in [0.2, 0.25) is 0 Å². The van der Waals surface area contributed by atoms with Crippen LogP contribution in [0.5, 0.6) is 0 Å². The van der Waals surface area contributed by atoms with Gasteiger partial charge in [-0.25, -0.2) is 0 Å². The van der Waals surface area contributed by atoms with E-state index in [2.05, 4.69) is 43.2 Å². The summed E-state index contributed by atoms with van der Waals surface area (Å²) in [5, 5.41) is 3.54. The maximum absolute atomic E-state index is 5.88. The number of hydrogen-bond donors (Lipinski definition) is 1. The van der Waals surface area contributed by atoms with E-state index in [-0.39, 0.29) is 5.41 Å². The number of ether oxygens (including phenoxy) is 1. The molecule has 0 aliphatic carbocycles. The molecule has 100 valence electrons. The Hall–Kier alpha value is -0.930. The fourth-order valence-corrected chi connectivity index (χ4v) is 2.70. The molecule has 2 heterocycles. The van der Waals surface area contributed by atoms with Crippen LogP contribution in [0, 0.1) is 11.3 Å². The highest BCUT2D eigenvalue weighted by Gasteiger charge is 2.36. The lowest BCUT2D eigenvalue weighted by atomic mass is 9.81. The quantitative estimate of drug-likeness (QED) is 0.889. The Morgan fingerprint density at radius 3 is 2.72 bits per heavy atom. The minimum atomic E-state index is 0.236. The molecule has 1 N–H and O–H groups in total. The Morgan fingerprint density at radius 1 is 1.33 bits per heavy atom. The summed E-state index contributed by atoms with van der Waals surface area (Å²) in [6.45, 7) is 9.64. The number of nitrogens with one attached hydrogen (secondary N) is 1. The van der Waals surface area contributed by atoms with Gasteiger partial charge in [0.25, 0.3) is 0 Å². The van der Waals surface area contributed by atoms with Crippen LogP contribution < -0.4 is 5.32 Å². The SMILES string of the molecule is CC(C)(C)[C@H]1OCC[C@@H]1CNCc1ccncc1. The normalized spacial score (nSPS) is 24.4. The van der Waals surface area contributed by atoms with Crippen molar-refractivity contribution in [2.75, 3.05) is 13.2 Å². The molecule has 0 radical (unpaired) electrons.